The van der Waals surface area contributed by atoms with Crippen molar-refractivity contribution in [2.24, 2.45) is 5.41 Å². The topological polar surface area (TPSA) is 21.3 Å². The zero-order valence-corrected chi connectivity index (χ0v) is 13.1. The monoisotopic (exact) mass is 259 g/mol. The minimum absolute atomic E-state index is 0.324. The molecule has 1 fully saturated rings. The largest absolute Gasteiger partial charge is 0.378 e. The Bertz CT molecular complexity index is 244. The first-order valence-corrected chi connectivity index (χ1v) is 8.02. The Balaban J connectivity index is 2.46. The van der Waals surface area contributed by atoms with E-state index in [9.17, 15) is 0 Å². The highest BCUT2D eigenvalue weighted by Crippen LogP contribution is 2.46. The summed E-state index contributed by atoms with van der Waals surface area (Å²) in [5.74, 6) is 0. The molecule has 0 saturated heterocycles. The number of thioether (sulfide) groups is 1. The van der Waals surface area contributed by atoms with Crippen LogP contribution in [0.2, 0.25) is 0 Å². The number of nitrogens with one attached hydrogen (secondary N) is 1. The molecule has 0 heterocycles. The summed E-state index contributed by atoms with van der Waals surface area (Å²) in [6.07, 6.45) is 5.00. The van der Waals surface area contributed by atoms with E-state index in [1.165, 1.54) is 12.8 Å². The van der Waals surface area contributed by atoms with E-state index >= 15 is 0 Å². The van der Waals surface area contributed by atoms with Gasteiger partial charge in [0.2, 0.25) is 0 Å². The molecule has 0 amide bonds. The van der Waals surface area contributed by atoms with Crippen molar-refractivity contribution >= 4 is 11.8 Å². The van der Waals surface area contributed by atoms with Gasteiger partial charge in [0, 0.05) is 29.4 Å². The fourth-order valence-corrected chi connectivity index (χ4v) is 2.74. The molecule has 3 unspecified atom stereocenters. The van der Waals surface area contributed by atoms with E-state index in [-0.39, 0.29) is 0 Å². The van der Waals surface area contributed by atoms with Gasteiger partial charge in [-0.3, -0.25) is 0 Å². The number of hydrogen-bond donors (Lipinski definition) is 1. The van der Waals surface area contributed by atoms with E-state index in [1.807, 2.05) is 11.8 Å². The van der Waals surface area contributed by atoms with Gasteiger partial charge in [0.15, 0.2) is 0 Å². The minimum atomic E-state index is 0.324. The Kier molecular flexibility index (Phi) is 5.36. The molecule has 0 aromatic heterocycles. The molecule has 1 aliphatic rings. The van der Waals surface area contributed by atoms with E-state index in [1.54, 1.807) is 0 Å². The molecule has 3 atom stereocenters. The van der Waals surface area contributed by atoms with Crippen LogP contribution in [0.25, 0.3) is 0 Å². The second kappa shape index (κ2) is 5.94. The van der Waals surface area contributed by atoms with Crippen LogP contribution in [0.3, 0.4) is 0 Å². The fraction of sp³-hybridized carbons (Fsp3) is 1.00. The highest BCUT2D eigenvalue weighted by molar-refractivity contribution is 7.99. The van der Waals surface area contributed by atoms with Crippen LogP contribution in [-0.2, 0) is 4.74 Å². The van der Waals surface area contributed by atoms with Crippen molar-refractivity contribution in [2.75, 3.05) is 19.4 Å². The Morgan fingerprint density at radius 3 is 2.53 bits per heavy atom. The summed E-state index contributed by atoms with van der Waals surface area (Å²) in [5.41, 5.74) is 0.324. The summed E-state index contributed by atoms with van der Waals surface area (Å²) in [4.78, 5) is 0. The first-order valence-electron chi connectivity index (χ1n) is 6.79. The summed E-state index contributed by atoms with van der Waals surface area (Å²) in [5, 5.41) is 3.74. The van der Waals surface area contributed by atoms with E-state index in [2.05, 4.69) is 46.2 Å². The summed E-state index contributed by atoms with van der Waals surface area (Å²) in [7, 11) is 0. The maximum absolute atomic E-state index is 5.83. The molecule has 0 aliphatic heterocycles. The van der Waals surface area contributed by atoms with Gasteiger partial charge in [-0.2, -0.15) is 11.8 Å². The van der Waals surface area contributed by atoms with Crippen molar-refractivity contribution in [3.63, 3.8) is 0 Å². The summed E-state index contributed by atoms with van der Waals surface area (Å²) in [6.45, 7) is 13.2. The third kappa shape index (κ3) is 3.39. The lowest BCUT2D eigenvalue weighted by atomic mass is 9.61. The normalized spacial score (nSPS) is 33.5. The molecule has 1 saturated carbocycles. The lowest BCUT2D eigenvalue weighted by Gasteiger charge is -2.54. The molecule has 0 aromatic rings. The van der Waals surface area contributed by atoms with Gasteiger partial charge in [-0.1, -0.05) is 13.8 Å². The van der Waals surface area contributed by atoms with Crippen molar-refractivity contribution in [3.05, 3.63) is 0 Å². The third-order valence-electron chi connectivity index (χ3n) is 4.44. The van der Waals surface area contributed by atoms with E-state index < -0.39 is 0 Å². The Morgan fingerprint density at radius 2 is 2.06 bits per heavy atom. The van der Waals surface area contributed by atoms with Gasteiger partial charge in [0.25, 0.3) is 0 Å². The number of ether oxygens (including phenoxy) is 1. The van der Waals surface area contributed by atoms with Crippen molar-refractivity contribution in [2.45, 2.75) is 64.4 Å². The molecule has 3 heteroatoms. The highest BCUT2D eigenvalue weighted by atomic mass is 32.2. The molecule has 17 heavy (non-hydrogen) atoms. The molecule has 0 aromatic carbocycles. The molecule has 1 rings (SSSR count). The molecular weight excluding hydrogens is 230 g/mol. The van der Waals surface area contributed by atoms with E-state index in [4.69, 9.17) is 4.74 Å². The summed E-state index contributed by atoms with van der Waals surface area (Å²) in [6, 6.07) is 0.621. The van der Waals surface area contributed by atoms with Crippen LogP contribution in [0, 0.1) is 5.41 Å². The van der Waals surface area contributed by atoms with Gasteiger partial charge in [-0.15, -0.1) is 0 Å². The van der Waals surface area contributed by atoms with Crippen LogP contribution in [0.4, 0.5) is 0 Å². The highest BCUT2D eigenvalue weighted by Gasteiger charge is 2.50. The van der Waals surface area contributed by atoms with Gasteiger partial charge in [0.05, 0.1) is 6.10 Å². The predicted molar refractivity (Wildman–Crippen MR) is 77.8 cm³/mol. The zero-order chi connectivity index (χ0) is 13.1. The van der Waals surface area contributed by atoms with Crippen LogP contribution < -0.4 is 5.32 Å². The third-order valence-corrected chi connectivity index (χ3v) is 5.69. The SMILES string of the molecule is CCOC1CC(NCC(C)(C)SC)C1(C)CC. The average molecular weight is 259 g/mol. The van der Waals surface area contributed by atoms with Crippen molar-refractivity contribution in [1.82, 2.24) is 5.32 Å². The zero-order valence-electron chi connectivity index (χ0n) is 12.3. The second-order valence-electron chi connectivity index (χ2n) is 5.94. The van der Waals surface area contributed by atoms with Crippen molar-refractivity contribution < 1.29 is 4.74 Å². The van der Waals surface area contributed by atoms with Crippen LogP contribution in [0.1, 0.15) is 47.5 Å². The molecule has 0 radical (unpaired) electrons. The minimum Gasteiger partial charge on any atom is -0.378 e. The smallest absolute Gasteiger partial charge is 0.0658 e. The first-order chi connectivity index (χ1) is 7.89. The van der Waals surface area contributed by atoms with Crippen LogP contribution >= 0.6 is 11.8 Å². The van der Waals surface area contributed by atoms with Gasteiger partial charge in [0.1, 0.15) is 0 Å². The number of rotatable bonds is 7. The van der Waals surface area contributed by atoms with Gasteiger partial charge >= 0.3 is 0 Å². The molecule has 102 valence electrons. The maximum atomic E-state index is 5.83. The molecule has 1 N–H and O–H groups in total. The summed E-state index contributed by atoms with van der Waals surface area (Å²) < 4.78 is 6.15. The van der Waals surface area contributed by atoms with Crippen molar-refractivity contribution in [3.8, 4) is 0 Å². The predicted octanol–water partition coefficient (Wildman–Crippen LogP) is 3.31. The Morgan fingerprint density at radius 1 is 1.41 bits per heavy atom. The van der Waals surface area contributed by atoms with Crippen molar-refractivity contribution in [1.29, 1.82) is 0 Å². The molecular formula is C14H29NOS. The molecule has 1 aliphatic carbocycles. The fourth-order valence-electron chi connectivity index (χ4n) is 2.51. The number of hydrogen-bond acceptors (Lipinski definition) is 3. The molecule has 0 spiro atoms. The van der Waals surface area contributed by atoms with E-state index in [0.29, 0.717) is 22.3 Å². The quantitative estimate of drug-likeness (QED) is 0.758. The van der Waals surface area contributed by atoms with Gasteiger partial charge in [-0.25, -0.2) is 0 Å². The lowest BCUT2D eigenvalue weighted by molar-refractivity contribution is -0.125. The average Bonchev–Trinajstić information content (AvgIpc) is 2.31. The van der Waals surface area contributed by atoms with E-state index in [0.717, 1.165) is 13.2 Å². The van der Waals surface area contributed by atoms with Gasteiger partial charge < -0.3 is 10.1 Å². The lowest BCUT2D eigenvalue weighted by Crippen LogP contribution is -2.63. The Hall–Kier alpha value is 0.270. The standard InChI is InChI=1S/C14H29NOS/c1-7-14(5)11(9-12(14)16-8-2)15-10-13(3,4)17-6/h11-12,15H,7-10H2,1-6H3. The molecule has 0 bridgehead atoms. The van der Waals surface area contributed by atoms with Crippen LogP contribution in [0.15, 0.2) is 0 Å². The Labute approximate surface area is 111 Å². The maximum Gasteiger partial charge on any atom is 0.0658 e. The first kappa shape index (κ1) is 15.3. The van der Waals surface area contributed by atoms with Crippen LogP contribution in [-0.4, -0.2) is 36.3 Å². The summed E-state index contributed by atoms with van der Waals surface area (Å²) >= 11 is 1.93. The molecule has 2 nitrogen and oxygen atoms in total. The van der Waals surface area contributed by atoms with Gasteiger partial charge in [-0.05, 0) is 39.9 Å². The second-order valence-corrected chi connectivity index (χ2v) is 7.45. The van der Waals surface area contributed by atoms with Crippen LogP contribution in [0.5, 0.6) is 0 Å².